The Balaban J connectivity index is 2.03. The molecule has 2 amide bonds. The Hall–Kier alpha value is -2.18. The Morgan fingerprint density at radius 1 is 1.07 bits per heavy atom. The Kier molecular flexibility index (Phi) is 8.00. The molecule has 27 heavy (non-hydrogen) atoms. The second-order valence-corrected chi connectivity index (χ2v) is 7.85. The van der Waals surface area contributed by atoms with Crippen LogP contribution in [0.4, 0.5) is 0 Å². The Bertz CT molecular complexity index is 726. The molecule has 2 atom stereocenters. The van der Waals surface area contributed by atoms with Crippen molar-refractivity contribution in [3.63, 3.8) is 0 Å². The number of carbonyl (C=O) groups is 2. The van der Waals surface area contributed by atoms with Crippen LogP contribution in [0.1, 0.15) is 48.2 Å². The number of nitrogens with zero attached hydrogens (tertiary/aromatic N) is 1. The highest BCUT2D eigenvalue weighted by atomic mass is 32.1. The van der Waals surface area contributed by atoms with Crippen molar-refractivity contribution < 1.29 is 9.59 Å². The molecule has 6 heteroatoms. The number of hydrogen-bond acceptors (Lipinski definition) is 4. The highest BCUT2D eigenvalue weighted by molar-refractivity contribution is 7.10. The Labute approximate surface area is 165 Å². The van der Waals surface area contributed by atoms with E-state index in [1.807, 2.05) is 11.4 Å². The van der Waals surface area contributed by atoms with E-state index in [2.05, 4.69) is 54.8 Å². The molecule has 0 aliphatic heterocycles. The lowest BCUT2D eigenvalue weighted by molar-refractivity contribution is -0.130. The average molecular weight is 388 g/mol. The predicted octanol–water partition coefficient (Wildman–Crippen LogP) is 3.15. The van der Waals surface area contributed by atoms with Gasteiger partial charge in [0.15, 0.2) is 0 Å². The summed E-state index contributed by atoms with van der Waals surface area (Å²) < 4.78 is 0. The molecule has 0 saturated carbocycles. The molecule has 0 saturated heterocycles. The van der Waals surface area contributed by atoms with Crippen LogP contribution in [0.25, 0.3) is 0 Å². The van der Waals surface area contributed by atoms with Crippen molar-refractivity contribution >= 4 is 23.2 Å². The van der Waals surface area contributed by atoms with Crippen LogP contribution in [0.2, 0.25) is 0 Å². The van der Waals surface area contributed by atoms with Crippen LogP contribution >= 0.6 is 11.3 Å². The van der Waals surface area contributed by atoms with Crippen LogP contribution in [0.3, 0.4) is 0 Å². The van der Waals surface area contributed by atoms with Crippen molar-refractivity contribution in [2.45, 2.75) is 32.2 Å². The first-order valence-corrected chi connectivity index (χ1v) is 10.1. The first-order chi connectivity index (χ1) is 12.9. The Morgan fingerprint density at radius 3 is 2.30 bits per heavy atom. The van der Waals surface area contributed by atoms with Gasteiger partial charge in [-0.25, -0.2) is 0 Å². The summed E-state index contributed by atoms with van der Waals surface area (Å²) in [5.74, 6) is 0.217. The standard InChI is InChI=1S/C21H29N3O2S/c1-5-15(2)16-8-10-17(11-9-16)21(18-7-6-12-27-18)23-13-19(25)22-14-20(26)24(3)4/h6-12,15,21,23H,5,13-14H2,1-4H3,(H,22,25)/t15-,21-/m0/s1. The van der Waals surface area contributed by atoms with E-state index < -0.39 is 0 Å². The van der Waals surface area contributed by atoms with E-state index in [9.17, 15) is 9.59 Å². The third-order valence-electron chi connectivity index (χ3n) is 4.68. The zero-order valence-corrected chi connectivity index (χ0v) is 17.3. The molecule has 2 aromatic rings. The molecular weight excluding hydrogens is 358 g/mol. The lowest BCUT2D eigenvalue weighted by Crippen LogP contribution is -2.41. The average Bonchev–Trinajstić information content (AvgIpc) is 3.20. The van der Waals surface area contributed by atoms with Crippen LogP contribution in [0.5, 0.6) is 0 Å². The number of likely N-dealkylation sites (N-methyl/N-ethyl adjacent to an activating group) is 1. The third kappa shape index (κ3) is 6.19. The summed E-state index contributed by atoms with van der Waals surface area (Å²) in [5, 5.41) is 8.02. The topological polar surface area (TPSA) is 61.4 Å². The highest BCUT2D eigenvalue weighted by Gasteiger charge is 2.17. The van der Waals surface area contributed by atoms with Gasteiger partial charge in [0.25, 0.3) is 0 Å². The molecule has 0 spiro atoms. The maximum Gasteiger partial charge on any atom is 0.241 e. The molecule has 0 bridgehead atoms. The van der Waals surface area contributed by atoms with Gasteiger partial charge >= 0.3 is 0 Å². The summed E-state index contributed by atoms with van der Waals surface area (Å²) in [6.45, 7) is 4.58. The van der Waals surface area contributed by atoms with Crippen LogP contribution in [0.15, 0.2) is 41.8 Å². The fraction of sp³-hybridized carbons (Fsp3) is 0.429. The van der Waals surface area contributed by atoms with Gasteiger partial charge in [0, 0.05) is 19.0 Å². The predicted molar refractivity (Wildman–Crippen MR) is 111 cm³/mol. The zero-order chi connectivity index (χ0) is 19.8. The molecule has 0 aliphatic rings. The van der Waals surface area contributed by atoms with E-state index in [0.29, 0.717) is 5.92 Å². The molecule has 5 nitrogen and oxygen atoms in total. The van der Waals surface area contributed by atoms with Gasteiger partial charge in [0.05, 0.1) is 19.1 Å². The van der Waals surface area contributed by atoms with Gasteiger partial charge in [-0.1, -0.05) is 44.2 Å². The second-order valence-electron chi connectivity index (χ2n) is 6.87. The molecule has 146 valence electrons. The van der Waals surface area contributed by atoms with Crippen molar-refractivity contribution in [3.05, 3.63) is 57.8 Å². The molecule has 2 rings (SSSR count). The minimum Gasteiger partial charge on any atom is -0.347 e. The number of nitrogens with one attached hydrogen (secondary N) is 2. The van der Waals surface area contributed by atoms with E-state index in [1.54, 1.807) is 25.4 Å². The van der Waals surface area contributed by atoms with Gasteiger partial charge in [0.1, 0.15) is 0 Å². The Morgan fingerprint density at radius 2 is 1.74 bits per heavy atom. The maximum absolute atomic E-state index is 12.1. The first-order valence-electron chi connectivity index (χ1n) is 9.25. The van der Waals surface area contributed by atoms with Crippen molar-refractivity contribution in [3.8, 4) is 0 Å². The molecule has 1 aromatic heterocycles. The van der Waals surface area contributed by atoms with Crippen LogP contribution < -0.4 is 10.6 Å². The number of benzene rings is 1. The molecule has 1 aromatic carbocycles. The number of thiophene rings is 1. The molecule has 0 fully saturated rings. The lowest BCUT2D eigenvalue weighted by atomic mass is 9.95. The molecule has 1 heterocycles. The summed E-state index contributed by atoms with van der Waals surface area (Å²) in [4.78, 5) is 26.3. The number of amides is 2. The third-order valence-corrected chi connectivity index (χ3v) is 5.62. The van der Waals surface area contributed by atoms with Crippen molar-refractivity contribution in [2.75, 3.05) is 27.2 Å². The SMILES string of the molecule is CC[C@H](C)c1ccc([C@H](NCC(=O)NCC(=O)N(C)C)c2cccs2)cc1. The minimum atomic E-state index is -0.192. The zero-order valence-electron chi connectivity index (χ0n) is 16.5. The van der Waals surface area contributed by atoms with Crippen LogP contribution in [-0.4, -0.2) is 43.9 Å². The summed E-state index contributed by atoms with van der Waals surface area (Å²) in [6.07, 6.45) is 1.11. The van der Waals surface area contributed by atoms with Gasteiger partial charge in [-0.15, -0.1) is 11.3 Å². The van der Waals surface area contributed by atoms with Gasteiger partial charge in [-0.2, -0.15) is 0 Å². The van der Waals surface area contributed by atoms with Crippen molar-refractivity contribution in [1.82, 2.24) is 15.5 Å². The van der Waals surface area contributed by atoms with E-state index in [0.717, 1.165) is 16.9 Å². The molecule has 0 aliphatic carbocycles. The van der Waals surface area contributed by atoms with Gasteiger partial charge in [-0.05, 0) is 34.9 Å². The quantitative estimate of drug-likeness (QED) is 0.695. The van der Waals surface area contributed by atoms with Gasteiger partial charge in [0.2, 0.25) is 11.8 Å². The first kappa shape index (κ1) is 21.1. The van der Waals surface area contributed by atoms with Crippen LogP contribution in [-0.2, 0) is 9.59 Å². The molecular formula is C21H29N3O2S. The molecule has 2 N–H and O–H groups in total. The fourth-order valence-electron chi connectivity index (χ4n) is 2.68. The van der Waals surface area contributed by atoms with Crippen LogP contribution in [0, 0.1) is 0 Å². The van der Waals surface area contributed by atoms with Gasteiger partial charge in [-0.3, -0.25) is 14.9 Å². The maximum atomic E-state index is 12.1. The summed E-state index contributed by atoms with van der Waals surface area (Å²) in [5.41, 5.74) is 2.45. The largest absolute Gasteiger partial charge is 0.347 e. The summed E-state index contributed by atoms with van der Waals surface area (Å²) in [7, 11) is 3.34. The van der Waals surface area contributed by atoms with E-state index >= 15 is 0 Å². The number of rotatable bonds is 9. The van der Waals surface area contributed by atoms with E-state index in [-0.39, 0.29) is 30.9 Å². The van der Waals surface area contributed by atoms with E-state index in [1.165, 1.54) is 10.5 Å². The molecule has 0 unspecified atom stereocenters. The monoisotopic (exact) mass is 387 g/mol. The minimum absolute atomic E-state index is 0.0147. The fourth-order valence-corrected chi connectivity index (χ4v) is 3.51. The number of carbonyl (C=O) groups excluding carboxylic acids is 2. The summed E-state index contributed by atoms with van der Waals surface area (Å²) in [6, 6.07) is 12.6. The highest BCUT2D eigenvalue weighted by Crippen LogP contribution is 2.27. The summed E-state index contributed by atoms with van der Waals surface area (Å²) >= 11 is 1.66. The lowest BCUT2D eigenvalue weighted by Gasteiger charge is -2.19. The molecule has 0 radical (unpaired) electrons. The van der Waals surface area contributed by atoms with E-state index in [4.69, 9.17) is 0 Å². The smallest absolute Gasteiger partial charge is 0.241 e. The van der Waals surface area contributed by atoms with Crippen molar-refractivity contribution in [2.24, 2.45) is 0 Å². The second kappa shape index (κ2) is 10.2. The van der Waals surface area contributed by atoms with Crippen molar-refractivity contribution in [1.29, 1.82) is 0 Å². The normalized spacial score (nSPS) is 13.0. The number of hydrogen-bond donors (Lipinski definition) is 2. The van der Waals surface area contributed by atoms with Gasteiger partial charge < -0.3 is 10.2 Å².